The Morgan fingerprint density at radius 2 is 1.68 bits per heavy atom. The number of aromatic hydroxyl groups is 1. The predicted octanol–water partition coefficient (Wildman–Crippen LogP) is 4.36. The molecule has 1 aliphatic heterocycles. The van der Waals surface area contributed by atoms with Crippen molar-refractivity contribution in [2.24, 2.45) is 4.99 Å². The fourth-order valence-electron chi connectivity index (χ4n) is 3.79. The second-order valence-corrected chi connectivity index (χ2v) is 7.07. The molecular weight excluding hydrogens is 399 g/mol. The number of rotatable bonds is 4. The number of hydrogen-bond acceptors (Lipinski definition) is 4. The first-order valence-electron chi connectivity index (χ1n) is 9.59. The third kappa shape index (κ3) is 3.90. The molecule has 0 saturated heterocycles. The molecule has 3 aromatic rings. The lowest BCUT2D eigenvalue weighted by atomic mass is 9.79. The van der Waals surface area contributed by atoms with Crippen molar-refractivity contribution in [1.29, 1.82) is 0 Å². The number of nitrogens with one attached hydrogen (secondary N) is 1. The van der Waals surface area contributed by atoms with Crippen LogP contribution >= 0.6 is 0 Å². The molecule has 1 aliphatic rings. The molecule has 0 aromatic heterocycles. The molecule has 2 unspecified atom stereocenters. The molecule has 2 atom stereocenters. The van der Waals surface area contributed by atoms with E-state index in [2.05, 4.69) is 15.0 Å². The van der Waals surface area contributed by atoms with E-state index in [1.807, 2.05) is 60.7 Å². The maximum atomic E-state index is 14.5. The van der Waals surface area contributed by atoms with Gasteiger partial charge < -0.3 is 15.2 Å². The summed E-state index contributed by atoms with van der Waals surface area (Å²) in [5.41, 5.74) is 2.11. The number of ether oxygens (including phenoxy) is 1. The summed E-state index contributed by atoms with van der Waals surface area (Å²) in [5.74, 6) is -3.13. The molecule has 0 fully saturated rings. The lowest BCUT2D eigenvalue weighted by Crippen LogP contribution is -2.40. The lowest BCUT2D eigenvalue weighted by molar-refractivity contribution is 0.0596. The third-order valence-corrected chi connectivity index (χ3v) is 5.21. The van der Waals surface area contributed by atoms with Gasteiger partial charge in [-0.3, -0.25) is 0 Å². The van der Waals surface area contributed by atoms with Crippen LogP contribution < -0.4 is 5.32 Å². The Labute approximate surface area is 178 Å². The van der Waals surface area contributed by atoms with E-state index < -0.39 is 35.5 Å². The highest BCUT2D eigenvalue weighted by molar-refractivity contribution is 6.12. The number of methoxy groups -OCH3 is 1. The van der Waals surface area contributed by atoms with Gasteiger partial charge in [-0.15, -0.1) is 0 Å². The van der Waals surface area contributed by atoms with Gasteiger partial charge in [0.2, 0.25) is 0 Å². The van der Waals surface area contributed by atoms with Gasteiger partial charge in [-0.25, -0.2) is 14.0 Å². The maximum Gasteiger partial charge on any atom is 0.341 e. The first kappa shape index (κ1) is 20.3. The van der Waals surface area contributed by atoms with Gasteiger partial charge in [0.15, 0.2) is 11.6 Å². The van der Waals surface area contributed by atoms with Crippen LogP contribution in [0.15, 0.2) is 77.8 Å². The number of carbonyl (C=O) groups excluding carboxylic acids is 2. The summed E-state index contributed by atoms with van der Waals surface area (Å²) in [4.78, 5) is 28.8. The summed E-state index contributed by atoms with van der Waals surface area (Å²) in [6, 6.07) is 19.8. The zero-order chi connectivity index (χ0) is 22.0. The van der Waals surface area contributed by atoms with Gasteiger partial charge in [0.05, 0.1) is 24.8 Å². The Bertz CT molecular complexity index is 1160. The molecule has 0 spiro atoms. The fraction of sp³-hybridized carbons (Fsp3) is 0.125. The SMILES string of the molecule is COC(=O)c1cc(C2NC(=O)N=C(c3ccccc3)C2c2ccccc2)cc(F)c1O. The summed E-state index contributed by atoms with van der Waals surface area (Å²) in [5, 5.41) is 12.8. The van der Waals surface area contributed by atoms with Crippen molar-refractivity contribution < 1.29 is 23.8 Å². The van der Waals surface area contributed by atoms with Gasteiger partial charge in [0.1, 0.15) is 5.56 Å². The number of benzene rings is 3. The van der Waals surface area contributed by atoms with Gasteiger partial charge in [0.25, 0.3) is 0 Å². The minimum Gasteiger partial charge on any atom is -0.504 e. The van der Waals surface area contributed by atoms with E-state index in [1.54, 1.807) is 0 Å². The van der Waals surface area contributed by atoms with Crippen molar-refractivity contribution in [3.8, 4) is 5.75 Å². The van der Waals surface area contributed by atoms with Crippen molar-refractivity contribution in [2.45, 2.75) is 12.0 Å². The average Bonchev–Trinajstić information content (AvgIpc) is 2.80. The number of halogens is 1. The number of phenolic OH excluding ortho intramolecular Hbond substituents is 1. The van der Waals surface area contributed by atoms with Crippen molar-refractivity contribution in [1.82, 2.24) is 5.32 Å². The fourth-order valence-corrected chi connectivity index (χ4v) is 3.79. The summed E-state index contributed by atoms with van der Waals surface area (Å²) in [7, 11) is 1.14. The second-order valence-electron chi connectivity index (χ2n) is 7.07. The first-order chi connectivity index (χ1) is 15.0. The Hall–Kier alpha value is -4.00. The quantitative estimate of drug-likeness (QED) is 0.617. The van der Waals surface area contributed by atoms with E-state index in [-0.39, 0.29) is 5.56 Å². The van der Waals surface area contributed by atoms with Crippen LogP contribution in [-0.4, -0.2) is 29.9 Å². The van der Waals surface area contributed by atoms with Crippen LogP contribution in [-0.2, 0) is 4.74 Å². The molecule has 2 N–H and O–H groups in total. The third-order valence-electron chi connectivity index (χ3n) is 5.21. The number of carbonyl (C=O) groups is 2. The highest BCUT2D eigenvalue weighted by Crippen LogP contribution is 2.39. The largest absolute Gasteiger partial charge is 0.504 e. The number of urea groups is 1. The Balaban J connectivity index is 1.91. The summed E-state index contributed by atoms with van der Waals surface area (Å²) in [6.07, 6.45) is 0. The van der Waals surface area contributed by atoms with Crippen molar-refractivity contribution in [2.75, 3.05) is 7.11 Å². The van der Waals surface area contributed by atoms with Gasteiger partial charge in [0, 0.05) is 0 Å². The van der Waals surface area contributed by atoms with E-state index >= 15 is 0 Å². The summed E-state index contributed by atoms with van der Waals surface area (Å²) < 4.78 is 19.2. The molecule has 4 rings (SSSR count). The maximum absolute atomic E-state index is 14.5. The Kier molecular flexibility index (Phi) is 5.49. The highest BCUT2D eigenvalue weighted by Gasteiger charge is 2.36. The second kappa shape index (κ2) is 8.39. The van der Waals surface area contributed by atoms with Crippen LogP contribution in [0.1, 0.15) is 39.0 Å². The minimum absolute atomic E-state index is 0.307. The normalized spacial score (nSPS) is 18.1. The standard InChI is InChI=1S/C24H19FN2O4/c1-31-23(29)17-12-16(13-18(25)22(17)28)21-19(14-8-4-2-5-9-14)20(26-24(30)27-21)15-10-6-3-7-11-15/h2-13,19,21,28H,1H3,(H,27,30). The zero-order valence-corrected chi connectivity index (χ0v) is 16.6. The van der Waals surface area contributed by atoms with Crippen molar-refractivity contribution in [3.63, 3.8) is 0 Å². The van der Waals surface area contributed by atoms with Crippen LogP contribution in [0.25, 0.3) is 0 Å². The van der Waals surface area contributed by atoms with Crippen LogP contribution in [0.3, 0.4) is 0 Å². The molecular formula is C24H19FN2O4. The highest BCUT2D eigenvalue weighted by atomic mass is 19.1. The first-order valence-corrected chi connectivity index (χ1v) is 9.59. The smallest absolute Gasteiger partial charge is 0.341 e. The van der Waals surface area contributed by atoms with E-state index in [0.717, 1.165) is 24.3 Å². The molecule has 6 nitrogen and oxygen atoms in total. The Morgan fingerprint density at radius 3 is 2.32 bits per heavy atom. The van der Waals surface area contributed by atoms with Crippen molar-refractivity contribution >= 4 is 17.7 Å². The molecule has 156 valence electrons. The number of phenols is 1. The monoisotopic (exact) mass is 418 g/mol. The van der Waals surface area contributed by atoms with Crippen LogP contribution in [0.2, 0.25) is 0 Å². The molecule has 2 amide bonds. The van der Waals surface area contributed by atoms with Crippen LogP contribution in [0.4, 0.5) is 9.18 Å². The van der Waals surface area contributed by atoms with Crippen LogP contribution in [0, 0.1) is 5.82 Å². The molecule has 0 bridgehead atoms. The number of esters is 1. The summed E-state index contributed by atoms with van der Waals surface area (Å²) in [6.45, 7) is 0. The summed E-state index contributed by atoms with van der Waals surface area (Å²) >= 11 is 0. The molecule has 0 saturated carbocycles. The molecule has 3 aromatic carbocycles. The van der Waals surface area contributed by atoms with Gasteiger partial charge in [-0.1, -0.05) is 60.7 Å². The number of amides is 2. The molecule has 31 heavy (non-hydrogen) atoms. The molecule has 0 radical (unpaired) electrons. The van der Waals surface area contributed by atoms with E-state index in [4.69, 9.17) is 0 Å². The van der Waals surface area contributed by atoms with Gasteiger partial charge in [-0.05, 0) is 28.8 Å². The van der Waals surface area contributed by atoms with E-state index in [0.29, 0.717) is 11.3 Å². The van der Waals surface area contributed by atoms with E-state index in [9.17, 15) is 19.1 Å². The minimum atomic E-state index is -0.984. The zero-order valence-electron chi connectivity index (χ0n) is 16.6. The molecule has 1 heterocycles. The van der Waals surface area contributed by atoms with Crippen LogP contribution in [0.5, 0.6) is 5.75 Å². The number of nitrogens with zero attached hydrogens (tertiary/aromatic N) is 1. The van der Waals surface area contributed by atoms with Gasteiger partial charge >= 0.3 is 12.0 Å². The number of aliphatic imine (C=N–C) groups is 1. The van der Waals surface area contributed by atoms with Gasteiger partial charge in [-0.2, -0.15) is 4.99 Å². The van der Waals surface area contributed by atoms with Crippen molar-refractivity contribution in [3.05, 3.63) is 101 Å². The van der Waals surface area contributed by atoms with E-state index in [1.165, 1.54) is 6.07 Å². The molecule has 7 heteroatoms. The lowest BCUT2D eigenvalue weighted by Gasteiger charge is -2.33. The predicted molar refractivity (Wildman–Crippen MR) is 113 cm³/mol. The number of hydrogen-bond donors (Lipinski definition) is 2. The molecule has 0 aliphatic carbocycles. The topological polar surface area (TPSA) is 88.0 Å². The average molecular weight is 418 g/mol. The Morgan fingerprint density at radius 1 is 1.03 bits per heavy atom.